The van der Waals surface area contributed by atoms with Crippen LogP contribution in [0.5, 0.6) is 0 Å². The van der Waals surface area contributed by atoms with Crippen LogP contribution < -0.4 is 0 Å². The summed E-state index contributed by atoms with van der Waals surface area (Å²) in [4.78, 5) is 16.5. The van der Waals surface area contributed by atoms with E-state index in [4.69, 9.17) is 0 Å². The fraction of sp³-hybridized carbons (Fsp3) is 0.938. The van der Waals surface area contributed by atoms with E-state index in [2.05, 4.69) is 4.90 Å². The number of carbonyl (C=O) groups excluding carboxylic acids is 1. The molecule has 1 amide bonds. The molecule has 1 saturated carbocycles. The lowest BCUT2D eigenvalue weighted by molar-refractivity contribution is -0.133. The van der Waals surface area contributed by atoms with Crippen LogP contribution in [0.25, 0.3) is 0 Å². The minimum Gasteiger partial charge on any atom is -0.392 e. The number of piperazine rings is 1. The molecular weight excluding hydrogens is 252 g/mol. The van der Waals surface area contributed by atoms with Gasteiger partial charge in [0.2, 0.25) is 5.91 Å². The van der Waals surface area contributed by atoms with E-state index < -0.39 is 0 Å². The molecule has 1 aliphatic heterocycles. The number of nitrogens with zero attached hydrogens (tertiary/aromatic N) is 2. The maximum absolute atomic E-state index is 12.2. The Bertz CT molecular complexity index is 295. The van der Waals surface area contributed by atoms with Gasteiger partial charge in [0.15, 0.2) is 0 Å². The third-order valence-electron chi connectivity index (χ3n) is 4.91. The van der Waals surface area contributed by atoms with E-state index >= 15 is 0 Å². The minimum absolute atomic E-state index is 0.223. The van der Waals surface area contributed by atoms with Crippen LogP contribution in [-0.4, -0.2) is 59.6 Å². The first-order chi connectivity index (χ1) is 9.69. The molecule has 2 fully saturated rings. The predicted molar refractivity (Wildman–Crippen MR) is 80.5 cm³/mol. The fourth-order valence-electron chi connectivity index (χ4n) is 3.39. The van der Waals surface area contributed by atoms with Crippen molar-refractivity contribution in [1.29, 1.82) is 0 Å². The standard InChI is InChI=1S/C16H30N2O2/c1-2-15(19)13-17-9-11-18(12-10-17)16(20)8-7-14-5-3-4-6-14/h14-15,19H,2-13H2,1H3/t15-/m0/s1. The molecule has 4 nitrogen and oxygen atoms in total. The van der Waals surface area contributed by atoms with Crippen LogP contribution in [0.4, 0.5) is 0 Å². The Labute approximate surface area is 123 Å². The number of amides is 1. The van der Waals surface area contributed by atoms with Gasteiger partial charge in [0, 0.05) is 39.1 Å². The van der Waals surface area contributed by atoms with E-state index in [-0.39, 0.29) is 6.10 Å². The van der Waals surface area contributed by atoms with E-state index in [1.165, 1.54) is 25.7 Å². The average Bonchev–Trinajstić information content (AvgIpc) is 2.98. The number of rotatable bonds is 6. The second-order valence-electron chi connectivity index (χ2n) is 6.43. The average molecular weight is 282 g/mol. The summed E-state index contributed by atoms with van der Waals surface area (Å²) in [5, 5.41) is 9.67. The van der Waals surface area contributed by atoms with Gasteiger partial charge in [-0.3, -0.25) is 9.69 Å². The highest BCUT2D eigenvalue weighted by atomic mass is 16.3. The molecule has 0 bridgehead atoms. The van der Waals surface area contributed by atoms with Crippen LogP contribution in [-0.2, 0) is 4.79 Å². The van der Waals surface area contributed by atoms with Gasteiger partial charge in [-0.15, -0.1) is 0 Å². The van der Waals surface area contributed by atoms with Crippen molar-refractivity contribution in [1.82, 2.24) is 9.80 Å². The smallest absolute Gasteiger partial charge is 0.222 e. The lowest BCUT2D eigenvalue weighted by Crippen LogP contribution is -2.50. The van der Waals surface area contributed by atoms with Crippen molar-refractivity contribution in [2.45, 2.75) is 58.0 Å². The quantitative estimate of drug-likeness (QED) is 0.809. The Morgan fingerprint density at radius 3 is 2.45 bits per heavy atom. The molecular formula is C16H30N2O2. The van der Waals surface area contributed by atoms with Crippen molar-refractivity contribution < 1.29 is 9.90 Å². The van der Waals surface area contributed by atoms with E-state index in [1.54, 1.807) is 0 Å². The normalized spacial score (nSPS) is 23.2. The topological polar surface area (TPSA) is 43.8 Å². The zero-order chi connectivity index (χ0) is 14.4. The van der Waals surface area contributed by atoms with Crippen LogP contribution in [0.15, 0.2) is 0 Å². The molecule has 116 valence electrons. The number of β-amino-alcohol motifs (C(OH)–C–C–N with tert-alkyl or cyclic N) is 1. The molecule has 0 aromatic rings. The molecule has 1 aliphatic carbocycles. The molecule has 0 aromatic carbocycles. The maximum Gasteiger partial charge on any atom is 0.222 e. The fourth-order valence-corrected chi connectivity index (χ4v) is 3.39. The SMILES string of the molecule is CC[C@H](O)CN1CCN(C(=O)CCC2CCCC2)CC1. The molecule has 0 aromatic heterocycles. The lowest BCUT2D eigenvalue weighted by Gasteiger charge is -2.35. The Hall–Kier alpha value is -0.610. The van der Waals surface area contributed by atoms with E-state index in [9.17, 15) is 9.90 Å². The second kappa shape index (κ2) is 7.99. The molecule has 2 aliphatic rings. The molecule has 1 N–H and O–H groups in total. The van der Waals surface area contributed by atoms with Gasteiger partial charge in [-0.2, -0.15) is 0 Å². The largest absolute Gasteiger partial charge is 0.392 e. The predicted octanol–water partition coefficient (Wildman–Crippen LogP) is 1.87. The number of carbonyl (C=O) groups is 1. The highest BCUT2D eigenvalue weighted by Gasteiger charge is 2.23. The number of hydrogen-bond acceptors (Lipinski definition) is 3. The zero-order valence-corrected chi connectivity index (χ0v) is 12.9. The van der Waals surface area contributed by atoms with Crippen molar-refractivity contribution in [3.63, 3.8) is 0 Å². The number of aliphatic hydroxyl groups is 1. The van der Waals surface area contributed by atoms with Gasteiger partial charge in [0.05, 0.1) is 6.10 Å². The van der Waals surface area contributed by atoms with Crippen LogP contribution in [0.2, 0.25) is 0 Å². The summed E-state index contributed by atoms with van der Waals surface area (Å²) in [6, 6.07) is 0. The molecule has 1 heterocycles. The van der Waals surface area contributed by atoms with Crippen molar-refractivity contribution in [2.75, 3.05) is 32.7 Å². The molecule has 1 saturated heterocycles. The lowest BCUT2D eigenvalue weighted by atomic mass is 10.0. The minimum atomic E-state index is -0.223. The van der Waals surface area contributed by atoms with Crippen LogP contribution >= 0.6 is 0 Å². The van der Waals surface area contributed by atoms with Gasteiger partial charge in [0.25, 0.3) is 0 Å². The Morgan fingerprint density at radius 1 is 1.20 bits per heavy atom. The van der Waals surface area contributed by atoms with Gasteiger partial charge in [-0.1, -0.05) is 32.6 Å². The van der Waals surface area contributed by atoms with Crippen molar-refractivity contribution in [3.8, 4) is 0 Å². The summed E-state index contributed by atoms with van der Waals surface area (Å²) in [6.45, 7) is 6.24. The Balaban J connectivity index is 1.63. The second-order valence-corrected chi connectivity index (χ2v) is 6.43. The van der Waals surface area contributed by atoms with Gasteiger partial charge < -0.3 is 10.0 Å². The summed E-state index contributed by atoms with van der Waals surface area (Å²) in [5.41, 5.74) is 0. The first-order valence-electron chi connectivity index (χ1n) is 8.37. The monoisotopic (exact) mass is 282 g/mol. The third-order valence-corrected chi connectivity index (χ3v) is 4.91. The first-order valence-corrected chi connectivity index (χ1v) is 8.37. The van der Waals surface area contributed by atoms with Crippen LogP contribution in [0.3, 0.4) is 0 Å². The highest BCUT2D eigenvalue weighted by Crippen LogP contribution is 2.28. The summed E-state index contributed by atoms with van der Waals surface area (Å²) < 4.78 is 0. The molecule has 0 radical (unpaired) electrons. The van der Waals surface area contributed by atoms with Crippen molar-refractivity contribution >= 4 is 5.91 Å². The van der Waals surface area contributed by atoms with E-state index in [0.29, 0.717) is 5.91 Å². The molecule has 1 atom stereocenters. The zero-order valence-electron chi connectivity index (χ0n) is 12.9. The Kier molecular flexibility index (Phi) is 6.30. The molecule has 0 unspecified atom stereocenters. The summed E-state index contributed by atoms with van der Waals surface area (Å²) in [5.74, 6) is 1.15. The highest BCUT2D eigenvalue weighted by molar-refractivity contribution is 5.76. The van der Waals surface area contributed by atoms with Gasteiger partial charge >= 0.3 is 0 Å². The summed E-state index contributed by atoms with van der Waals surface area (Å²) in [6.07, 6.45) is 7.79. The number of hydrogen-bond donors (Lipinski definition) is 1. The molecule has 2 rings (SSSR count). The molecule has 20 heavy (non-hydrogen) atoms. The summed E-state index contributed by atoms with van der Waals surface area (Å²) in [7, 11) is 0. The van der Waals surface area contributed by atoms with E-state index in [1.807, 2.05) is 11.8 Å². The molecule has 0 spiro atoms. The third kappa shape index (κ3) is 4.74. The van der Waals surface area contributed by atoms with Gasteiger partial charge in [-0.05, 0) is 18.8 Å². The number of aliphatic hydroxyl groups excluding tert-OH is 1. The first kappa shape index (κ1) is 15.8. The Morgan fingerprint density at radius 2 is 1.85 bits per heavy atom. The van der Waals surface area contributed by atoms with Gasteiger partial charge in [0.1, 0.15) is 0 Å². The van der Waals surface area contributed by atoms with Crippen LogP contribution in [0, 0.1) is 5.92 Å². The van der Waals surface area contributed by atoms with Crippen LogP contribution in [0.1, 0.15) is 51.9 Å². The van der Waals surface area contributed by atoms with E-state index in [0.717, 1.165) is 57.9 Å². The van der Waals surface area contributed by atoms with Crippen molar-refractivity contribution in [3.05, 3.63) is 0 Å². The molecule has 4 heteroatoms. The summed E-state index contributed by atoms with van der Waals surface area (Å²) >= 11 is 0. The maximum atomic E-state index is 12.2. The van der Waals surface area contributed by atoms with Crippen molar-refractivity contribution in [2.24, 2.45) is 5.92 Å². The van der Waals surface area contributed by atoms with Gasteiger partial charge in [-0.25, -0.2) is 0 Å².